The average Bonchev–Trinajstić information content (AvgIpc) is 2.17. The van der Waals surface area contributed by atoms with Crippen LogP contribution in [0.5, 0.6) is 0 Å². The van der Waals surface area contributed by atoms with Crippen molar-refractivity contribution in [1.29, 1.82) is 0 Å². The molecule has 0 unspecified atom stereocenters. The van der Waals surface area contributed by atoms with Crippen LogP contribution in [0.25, 0.3) is 0 Å². The van der Waals surface area contributed by atoms with Crippen molar-refractivity contribution in [3.05, 3.63) is 19.9 Å². The normalized spacial score (nSPS) is 10.0. The van der Waals surface area contributed by atoms with Crippen LogP contribution in [0.3, 0.4) is 0 Å². The molecular formula is C6H8INS. The molecule has 3 heteroatoms. The molecule has 1 nitrogen and oxygen atoms in total. The summed E-state index contributed by atoms with van der Waals surface area (Å²) in [7, 11) is 0. The number of nitrogens with two attached hydrogens (primary N) is 1. The minimum atomic E-state index is 0.761. The minimum absolute atomic E-state index is 0.761. The zero-order valence-corrected chi connectivity index (χ0v) is 7.91. The Labute approximate surface area is 72.4 Å². The molecule has 0 bridgehead atoms. The molecule has 0 amide bonds. The van der Waals surface area contributed by atoms with Crippen LogP contribution in [-0.4, -0.2) is 6.54 Å². The number of rotatable bonds is 2. The van der Waals surface area contributed by atoms with Gasteiger partial charge in [0.25, 0.3) is 0 Å². The zero-order valence-electron chi connectivity index (χ0n) is 4.93. The Hall–Kier alpha value is 0.390. The van der Waals surface area contributed by atoms with E-state index in [2.05, 4.69) is 34.0 Å². The second-order valence-corrected chi connectivity index (χ2v) is 4.01. The molecule has 0 saturated heterocycles. The van der Waals surface area contributed by atoms with E-state index < -0.39 is 0 Å². The molecule has 0 radical (unpaired) electrons. The molecule has 2 N–H and O–H groups in total. The van der Waals surface area contributed by atoms with Crippen molar-refractivity contribution in [1.82, 2.24) is 0 Å². The molecule has 50 valence electrons. The summed E-state index contributed by atoms with van der Waals surface area (Å²) in [6.07, 6.45) is 1.02. The molecular weight excluding hydrogens is 245 g/mol. The molecule has 0 spiro atoms. The fraction of sp³-hybridized carbons (Fsp3) is 0.333. The molecule has 0 fully saturated rings. The molecule has 0 aliphatic rings. The van der Waals surface area contributed by atoms with Crippen molar-refractivity contribution in [3.8, 4) is 0 Å². The third-order valence-corrected chi connectivity index (χ3v) is 3.05. The van der Waals surface area contributed by atoms with Gasteiger partial charge in [0.05, 0.1) is 0 Å². The van der Waals surface area contributed by atoms with E-state index in [4.69, 9.17) is 5.73 Å². The summed E-state index contributed by atoms with van der Waals surface area (Å²) >= 11 is 4.10. The van der Waals surface area contributed by atoms with Gasteiger partial charge in [0, 0.05) is 13.8 Å². The summed E-state index contributed by atoms with van der Waals surface area (Å²) in [4.78, 5) is 1.39. The first-order valence-corrected chi connectivity index (χ1v) is 4.72. The van der Waals surface area contributed by atoms with Crippen LogP contribution >= 0.6 is 33.9 Å². The number of hydrogen-bond acceptors (Lipinski definition) is 2. The third kappa shape index (κ3) is 2.23. The number of thiophene rings is 1. The monoisotopic (exact) mass is 253 g/mol. The Morgan fingerprint density at radius 1 is 1.67 bits per heavy atom. The first kappa shape index (κ1) is 7.50. The lowest BCUT2D eigenvalue weighted by Gasteiger charge is -1.86. The van der Waals surface area contributed by atoms with Crippen LogP contribution < -0.4 is 5.73 Å². The second kappa shape index (κ2) is 3.53. The lowest BCUT2D eigenvalue weighted by molar-refractivity contribution is 0.988. The number of hydrogen-bond donors (Lipinski definition) is 1. The van der Waals surface area contributed by atoms with Crippen LogP contribution in [0.2, 0.25) is 0 Å². The van der Waals surface area contributed by atoms with E-state index in [-0.39, 0.29) is 0 Å². The van der Waals surface area contributed by atoms with Crippen LogP contribution in [0.4, 0.5) is 0 Å². The summed E-state index contributed by atoms with van der Waals surface area (Å²) in [6.45, 7) is 0.761. The van der Waals surface area contributed by atoms with E-state index in [0.29, 0.717) is 0 Å². The third-order valence-electron chi connectivity index (χ3n) is 1.01. The first-order chi connectivity index (χ1) is 4.33. The largest absolute Gasteiger partial charge is 0.330 e. The van der Waals surface area contributed by atoms with E-state index in [1.807, 2.05) is 0 Å². The van der Waals surface area contributed by atoms with Crippen molar-refractivity contribution in [2.45, 2.75) is 6.42 Å². The molecule has 1 aromatic heterocycles. The molecule has 9 heavy (non-hydrogen) atoms. The summed E-state index contributed by atoms with van der Waals surface area (Å²) in [5.41, 5.74) is 5.37. The van der Waals surface area contributed by atoms with Gasteiger partial charge in [-0.25, -0.2) is 0 Å². The van der Waals surface area contributed by atoms with Gasteiger partial charge < -0.3 is 5.73 Å². The van der Waals surface area contributed by atoms with Gasteiger partial charge in [-0.2, -0.15) is 0 Å². The number of halogens is 1. The summed E-state index contributed by atoms with van der Waals surface area (Å²) < 4.78 is 1.32. The first-order valence-electron chi connectivity index (χ1n) is 2.76. The molecule has 0 aliphatic heterocycles. The van der Waals surface area contributed by atoms with Crippen LogP contribution in [0.15, 0.2) is 11.4 Å². The minimum Gasteiger partial charge on any atom is -0.330 e. The maximum Gasteiger partial charge on any atom is 0.0240 e. The topological polar surface area (TPSA) is 26.0 Å². The standard InChI is InChI=1S/C6H8INS/c7-5-3-6(1-2-8)9-4-5/h3-4H,1-2,8H2. The summed E-state index contributed by atoms with van der Waals surface area (Å²) in [5.74, 6) is 0. The fourth-order valence-corrected chi connectivity index (χ4v) is 2.36. The van der Waals surface area contributed by atoms with Gasteiger partial charge in [-0.15, -0.1) is 11.3 Å². The fourth-order valence-electron chi connectivity index (χ4n) is 0.627. The second-order valence-electron chi connectivity index (χ2n) is 1.77. The van der Waals surface area contributed by atoms with Crippen molar-refractivity contribution in [2.24, 2.45) is 5.73 Å². The highest BCUT2D eigenvalue weighted by atomic mass is 127. The summed E-state index contributed by atoms with van der Waals surface area (Å²) in [5, 5.41) is 2.14. The Morgan fingerprint density at radius 3 is 2.89 bits per heavy atom. The van der Waals surface area contributed by atoms with Crippen molar-refractivity contribution in [2.75, 3.05) is 6.54 Å². The van der Waals surface area contributed by atoms with Gasteiger partial charge in [0.1, 0.15) is 0 Å². The van der Waals surface area contributed by atoms with Crippen molar-refractivity contribution >= 4 is 33.9 Å². The lowest BCUT2D eigenvalue weighted by Crippen LogP contribution is -2.00. The van der Waals surface area contributed by atoms with E-state index in [0.717, 1.165) is 13.0 Å². The maximum absolute atomic E-state index is 5.37. The smallest absolute Gasteiger partial charge is 0.0240 e. The Morgan fingerprint density at radius 2 is 2.44 bits per heavy atom. The van der Waals surface area contributed by atoms with Crippen LogP contribution in [0, 0.1) is 3.57 Å². The predicted octanol–water partition coefficient (Wildman–Crippen LogP) is 1.85. The highest BCUT2D eigenvalue weighted by molar-refractivity contribution is 14.1. The van der Waals surface area contributed by atoms with E-state index in [9.17, 15) is 0 Å². The highest BCUT2D eigenvalue weighted by Crippen LogP contribution is 2.15. The molecule has 1 aromatic rings. The molecule has 0 aliphatic carbocycles. The van der Waals surface area contributed by atoms with E-state index in [1.54, 1.807) is 11.3 Å². The van der Waals surface area contributed by atoms with Gasteiger partial charge in [0.15, 0.2) is 0 Å². The van der Waals surface area contributed by atoms with Gasteiger partial charge in [-0.3, -0.25) is 0 Å². The SMILES string of the molecule is NCCc1cc(I)cs1. The Kier molecular flexibility index (Phi) is 2.94. The van der Waals surface area contributed by atoms with Crippen molar-refractivity contribution in [3.63, 3.8) is 0 Å². The lowest BCUT2D eigenvalue weighted by atomic mass is 10.3. The Balaban J connectivity index is 2.61. The van der Waals surface area contributed by atoms with E-state index in [1.165, 1.54) is 8.45 Å². The molecule has 0 saturated carbocycles. The maximum atomic E-state index is 5.37. The van der Waals surface area contributed by atoms with E-state index >= 15 is 0 Å². The molecule has 0 atom stereocenters. The molecule has 1 rings (SSSR count). The predicted molar refractivity (Wildman–Crippen MR) is 49.8 cm³/mol. The molecule has 1 heterocycles. The van der Waals surface area contributed by atoms with Crippen LogP contribution in [0.1, 0.15) is 4.88 Å². The quantitative estimate of drug-likeness (QED) is 0.800. The zero-order chi connectivity index (χ0) is 6.69. The van der Waals surface area contributed by atoms with Gasteiger partial charge >= 0.3 is 0 Å². The summed E-state index contributed by atoms with van der Waals surface area (Å²) in [6, 6.07) is 2.18. The van der Waals surface area contributed by atoms with Gasteiger partial charge in [-0.1, -0.05) is 0 Å². The van der Waals surface area contributed by atoms with Crippen LogP contribution in [-0.2, 0) is 6.42 Å². The van der Waals surface area contributed by atoms with Crippen molar-refractivity contribution < 1.29 is 0 Å². The Bertz CT molecular complexity index is 185. The highest BCUT2D eigenvalue weighted by Gasteiger charge is 1.93. The van der Waals surface area contributed by atoms with Gasteiger partial charge in [-0.05, 0) is 41.6 Å². The average molecular weight is 253 g/mol. The molecule has 0 aromatic carbocycles. The van der Waals surface area contributed by atoms with Gasteiger partial charge in [0.2, 0.25) is 0 Å².